The molecule has 2 rings (SSSR count). The molecule has 0 spiro atoms. The number of nitrogens with one attached hydrogen (secondary N) is 2. The Kier molecular flexibility index (Phi) is 5.13. The van der Waals surface area contributed by atoms with Gasteiger partial charge >= 0.3 is 6.09 Å². The van der Waals surface area contributed by atoms with Gasteiger partial charge in [0.2, 0.25) is 5.91 Å². The van der Waals surface area contributed by atoms with Crippen LogP contribution >= 0.6 is 0 Å². The molecule has 0 radical (unpaired) electrons. The number of carbonyl (C=O) groups excluding carboxylic acids is 2. The summed E-state index contributed by atoms with van der Waals surface area (Å²) in [7, 11) is 1.51. The van der Waals surface area contributed by atoms with Gasteiger partial charge in [0.1, 0.15) is 6.54 Å². The average molecular weight is 302 g/mol. The molecule has 1 aromatic carbocycles. The zero-order valence-corrected chi connectivity index (χ0v) is 12.5. The largest absolute Gasteiger partial charge is 0.450 e. The Balaban J connectivity index is 1.90. The van der Waals surface area contributed by atoms with Gasteiger partial charge in [0.25, 0.3) is 0 Å². The van der Waals surface area contributed by atoms with Crippen molar-refractivity contribution in [3.63, 3.8) is 0 Å². The van der Waals surface area contributed by atoms with Crippen LogP contribution in [0.5, 0.6) is 0 Å². The van der Waals surface area contributed by atoms with E-state index in [0.717, 1.165) is 11.3 Å². The fourth-order valence-electron chi connectivity index (χ4n) is 1.86. The van der Waals surface area contributed by atoms with E-state index in [1.165, 1.54) is 11.9 Å². The number of nitrogens with zero attached hydrogens (tertiary/aromatic N) is 2. The summed E-state index contributed by atoms with van der Waals surface area (Å²) in [6, 6.07) is 9.19. The second-order valence-electron chi connectivity index (χ2n) is 4.65. The van der Waals surface area contributed by atoms with Gasteiger partial charge in [-0.1, -0.05) is 12.1 Å². The van der Waals surface area contributed by atoms with Gasteiger partial charge in [-0.3, -0.25) is 9.89 Å². The maximum atomic E-state index is 11.9. The summed E-state index contributed by atoms with van der Waals surface area (Å²) in [6.45, 7) is 1.92. The van der Waals surface area contributed by atoms with Crippen molar-refractivity contribution >= 4 is 17.7 Å². The summed E-state index contributed by atoms with van der Waals surface area (Å²) in [5.74, 6) is -0.287. The molecule has 0 bridgehead atoms. The number of aromatic amines is 1. The lowest BCUT2D eigenvalue weighted by Crippen LogP contribution is -2.35. The van der Waals surface area contributed by atoms with Crippen LogP contribution in [0.3, 0.4) is 0 Å². The van der Waals surface area contributed by atoms with Gasteiger partial charge in [-0.25, -0.2) is 4.79 Å². The molecule has 0 atom stereocenters. The van der Waals surface area contributed by atoms with Crippen LogP contribution in [0.15, 0.2) is 36.5 Å². The Morgan fingerprint density at radius 1 is 1.27 bits per heavy atom. The molecule has 22 heavy (non-hydrogen) atoms. The Hall–Kier alpha value is -2.83. The van der Waals surface area contributed by atoms with E-state index in [9.17, 15) is 9.59 Å². The molecule has 1 heterocycles. The normalized spacial score (nSPS) is 10.1. The number of hydrogen-bond acceptors (Lipinski definition) is 4. The standard InChI is InChI=1S/C15H18N4O3/c1-3-22-15(21)19(2)10-14(20)17-12-6-4-11(5-7-12)13-8-9-16-18-13/h4-9H,3,10H2,1-2H3,(H,16,18)(H,17,20). The van der Waals surface area contributed by atoms with E-state index in [2.05, 4.69) is 15.5 Å². The zero-order valence-electron chi connectivity index (χ0n) is 12.5. The molecule has 0 aliphatic carbocycles. The number of benzene rings is 1. The number of ether oxygens (including phenoxy) is 1. The lowest BCUT2D eigenvalue weighted by molar-refractivity contribution is -0.116. The van der Waals surface area contributed by atoms with Crippen molar-refractivity contribution < 1.29 is 14.3 Å². The molecule has 0 aliphatic rings. The number of hydrogen-bond donors (Lipinski definition) is 2. The molecule has 2 N–H and O–H groups in total. The third-order valence-corrected chi connectivity index (χ3v) is 2.94. The Bertz CT molecular complexity index is 623. The average Bonchev–Trinajstić information content (AvgIpc) is 3.02. The van der Waals surface area contributed by atoms with Crippen LogP contribution in [-0.2, 0) is 9.53 Å². The summed E-state index contributed by atoms with van der Waals surface area (Å²) in [6.07, 6.45) is 1.16. The Labute approximate surface area is 128 Å². The van der Waals surface area contributed by atoms with Crippen molar-refractivity contribution in [2.75, 3.05) is 25.5 Å². The fourth-order valence-corrected chi connectivity index (χ4v) is 1.86. The summed E-state index contributed by atoms with van der Waals surface area (Å²) in [5.41, 5.74) is 2.53. The molecule has 0 aliphatic heterocycles. The number of amides is 2. The van der Waals surface area contributed by atoms with Crippen molar-refractivity contribution in [3.8, 4) is 11.3 Å². The molecule has 0 fully saturated rings. The molecular formula is C15H18N4O3. The Morgan fingerprint density at radius 3 is 2.59 bits per heavy atom. The first kappa shape index (κ1) is 15.6. The highest BCUT2D eigenvalue weighted by molar-refractivity contribution is 5.94. The Morgan fingerprint density at radius 2 is 2.00 bits per heavy atom. The minimum Gasteiger partial charge on any atom is -0.450 e. The van der Waals surface area contributed by atoms with E-state index in [4.69, 9.17) is 4.74 Å². The number of likely N-dealkylation sites (N-methyl/N-ethyl adjacent to an activating group) is 1. The van der Waals surface area contributed by atoms with Crippen molar-refractivity contribution in [1.29, 1.82) is 0 Å². The van der Waals surface area contributed by atoms with Crippen molar-refractivity contribution in [1.82, 2.24) is 15.1 Å². The van der Waals surface area contributed by atoms with Crippen LogP contribution in [0, 0.1) is 0 Å². The highest BCUT2D eigenvalue weighted by Crippen LogP contribution is 2.18. The molecule has 0 unspecified atom stereocenters. The number of carbonyl (C=O) groups is 2. The second kappa shape index (κ2) is 7.26. The summed E-state index contributed by atoms with van der Waals surface area (Å²) >= 11 is 0. The molecule has 7 heteroatoms. The molecular weight excluding hydrogens is 284 g/mol. The van der Waals surface area contributed by atoms with Crippen LogP contribution < -0.4 is 5.32 Å². The maximum Gasteiger partial charge on any atom is 0.409 e. The van der Waals surface area contributed by atoms with Gasteiger partial charge in [0.05, 0.1) is 12.3 Å². The number of aromatic nitrogens is 2. The van der Waals surface area contributed by atoms with Gasteiger partial charge < -0.3 is 15.0 Å². The lowest BCUT2D eigenvalue weighted by atomic mass is 10.1. The van der Waals surface area contributed by atoms with Crippen LogP contribution in [0.2, 0.25) is 0 Å². The number of rotatable bonds is 5. The van der Waals surface area contributed by atoms with E-state index >= 15 is 0 Å². The minimum absolute atomic E-state index is 0.0683. The molecule has 0 saturated heterocycles. The summed E-state index contributed by atoms with van der Waals surface area (Å²) in [4.78, 5) is 24.5. The highest BCUT2D eigenvalue weighted by atomic mass is 16.6. The van der Waals surface area contributed by atoms with Crippen LogP contribution in [0.25, 0.3) is 11.3 Å². The third kappa shape index (κ3) is 4.08. The number of anilines is 1. The molecule has 7 nitrogen and oxygen atoms in total. The fraction of sp³-hybridized carbons (Fsp3) is 0.267. The second-order valence-corrected chi connectivity index (χ2v) is 4.65. The summed E-state index contributed by atoms with van der Waals surface area (Å²) < 4.78 is 4.81. The molecule has 1 aromatic heterocycles. The zero-order chi connectivity index (χ0) is 15.9. The van der Waals surface area contributed by atoms with Crippen molar-refractivity contribution in [2.24, 2.45) is 0 Å². The van der Waals surface area contributed by atoms with Gasteiger partial charge in [-0.05, 0) is 30.7 Å². The molecule has 0 saturated carbocycles. The van der Waals surface area contributed by atoms with E-state index in [1.807, 2.05) is 18.2 Å². The first-order valence-corrected chi connectivity index (χ1v) is 6.87. The SMILES string of the molecule is CCOC(=O)N(C)CC(=O)Nc1ccc(-c2ccn[nH]2)cc1. The molecule has 2 aromatic rings. The first-order valence-electron chi connectivity index (χ1n) is 6.87. The van der Waals surface area contributed by atoms with Crippen LogP contribution in [0.4, 0.5) is 10.5 Å². The van der Waals surface area contributed by atoms with E-state index < -0.39 is 6.09 Å². The van der Waals surface area contributed by atoms with Gasteiger partial charge in [0, 0.05) is 18.9 Å². The quantitative estimate of drug-likeness (QED) is 0.885. The maximum absolute atomic E-state index is 11.9. The molecule has 2 amide bonds. The minimum atomic E-state index is -0.521. The van der Waals surface area contributed by atoms with Crippen molar-refractivity contribution in [3.05, 3.63) is 36.5 Å². The van der Waals surface area contributed by atoms with Crippen molar-refractivity contribution in [2.45, 2.75) is 6.92 Å². The van der Waals surface area contributed by atoms with E-state index in [0.29, 0.717) is 5.69 Å². The lowest BCUT2D eigenvalue weighted by Gasteiger charge is -2.16. The van der Waals surface area contributed by atoms with Gasteiger partial charge in [-0.15, -0.1) is 0 Å². The number of H-pyrrole nitrogens is 1. The van der Waals surface area contributed by atoms with Gasteiger partial charge in [-0.2, -0.15) is 5.10 Å². The monoisotopic (exact) mass is 302 g/mol. The first-order chi connectivity index (χ1) is 10.6. The predicted molar refractivity (Wildman–Crippen MR) is 82.3 cm³/mol. The smallest absolute Gasteiger partial charge is 0.409 e. The third-order valence-electron chi connectivity index (χ3n) is 2.94. The highest BCUT2D eigenvalue weighted by Gasteiger charge is 2.13. The topological polar surface area (TPSA) is 87.3 Å². The summed E-state index contributed by atoms with van der Waals surface area (Å²) in [5, 5.41) is 9.49. The molecule has 116 valence electrons. The van der Waals surface area contributed by atoms with E-state index in [1.54, 1.807) is 25.3 Å². The van der Waals surface area contributed by atoms with Crippen LogP contribution in [0.1, 0.15) is 6.92 Å². The predicted octanol–water partition coefficient (Wildman–Crippen LogP) is 2.10. The van der Waals surface area contributed by atoms with Gasteiger partial charge in [0.15, 0.2) is 0 Å². The van der Waals surface area contributed by atoms with E-state index in [-0.39, 0.29) is 19.1 Å². The van der Waals surface area contributed by atoms with Crippen LogP contribution in [-0.4, -0.2) is 47.3 Å².